The Kier molecular flexibility index (Phi) is 2.79. The van der Waals surface area contributed by atoms with E-state index in [4.69, 9.17) is 5.11 Å². The predicted molar refractivity (Wildman–Crippen MR) is 76.0 cm³/mol. The lowest BCUT2D eigenvalue weighted by Crippen LogP contribution is -2.15. The van der Waals surface area contributed by atoms with Gasteiger partial charge in [0.1, 0.15) is 15.8 Å². The number of hydrogen-bond acceptors (Lipinski definition) is 6. The molecular formula is C12H8N2O3S2. The highest BCUT2D eigenvalue weighted by atomic mass is 32.2. The highest BCUT2D eigenvalue weighted by Gasteiger charge is 2.30. The first-order chi connectivity index (χ1) is 9.04. The fourth-order valence-corrected chi connectivity index (χ4v) is 3.64. The summed E-state index contributed by atoms with van der Waals surface area (Å²) in [5, 5.41) is 19.6. The van der Waals surface area contributed by atoms with E-state index in [2.05, 4.69) is 16.6 Å². The first-order valence-corrected chi connectivity index (χ1v) is 6.95. The third kappa shape index (κ3) is 2.11. The Morgan fingerprint density at radius 1 is 1.42 bits per heavy atom. The van der Waals surface area contributed by atoms with Crippen LogP contribution in [0.3, 0.4) is 0 Å². The lowest BCUT2D eigenvalue weighted by molar-refractivity contribution is -0.137. The predicted octanol–water partition coefficient (Wildman–Crippen LogP) is 2.46. The largest absolute Gasteiger partial charge is 0.508 e. The van der Waals surface area contributed by atoms with Crippen molar-refractivity contribution in [1.82, 2.24) is 4.98 Å². The summed E-state index contributed by atoms with van der Waals surface area (Å²) in [5.41, 5.74) is 0.755. The molecule has 1 aliphatic heterocycles. The van der Waals surface area contributed by atoms with Crippen LogP contribution in [-0.4, -0.2) is 32.3 Å². The third-order valence-corrected chi connectivity index (χ3v) is 4.70. The number of benzene rings is 1. The minimum atomic E-state index is -1.01. The summed E-state index contributed by atoms with van der Waals surface area (Å²) < 4.78 is 0.836. The number of phenolic OH excluding ortho intramolecular Hbond substituents is 1. The second-order valence-electron chi connectivity index (χ2n) is 3.91. The lowest BCUT2D eigenvalue weighted by Gasteiger charge is -1.97. The second-order valence-corrected chi connectivity index (χ2v) is 6.06. The Labute approximate surface area is 116 Å². The number of aromatic nitrogens is 1. The maximum Gasteiger partial charge on any atom is 0.333 e. The van der Waals surface area contributed by atoms with E-state index in [1.54, 1.807) is 18.2 Å². The summed E-state index contributed by atoms with van der Waals surface area (Å²) in [6.45, 7) is 3.71. The standard InChI is InChI=1S/C12H8N2O3S2/c1-5-9(12(16)17)14-11(18-5)10-13-7-3-2-6(15)4-8(7)19-10/h2-4,9,15H,1H2,(H,16,17)/t9-/m1/s1. The van der Waals surface area contributed by atoms with Gasteiger partial charge in [-0.3, -0.25) is 4.99 Å². The van der Waals surface area contributed by atoms with Gasteiger partial charge in [0.15, 0.2) is 6.04 Å². The number of phenols is 1. The van der Waals surface area contributed by atoms with E-state index in [9.17, 15) is 9.90 Å². The summed E-state index contributed by atoms with van der Waals surface area (Å²) in [6, 6.07) is 4.00. The molecule has 1 aromatic heterocycles. The van der Waals surface area contributed by atoms with E-state index < -0.39 is 12.0 Å². The van der Waals surface area contributed by atoms with Gasteiger partial charge < -0.3 is 10.2 Å². The summed E-state index contributed by atoms with van der Waals surface area (Å²) in [7, 11) is 0. The van der Waals surface area contributed by atoms with Gasteiger partial charge in [-0.1, -0.05) is 18.3 Å². The minimum absolute atomic E-state index is 0.177. The Hall–Kier alpha value is -1.86. The number of hydrogen-bond donors (Lipinski definition) is 2. The Balaban J connectivity index is 2.03. The van der Waals surface area contributed by atoms with Crippen molar-refractivity contribution in [2.75, 3.05) is 0 Å². The molecule has 0 spiro atoms. The van der Waals surface area contributed by atoms with Gasteiger partial charge in [-0.05, 0) is 18.2 Å². The summed E-state index contributed by atoms with van der Waals surface area (Å²) in [5.74, 6) is -0.831. The van der Waals surface area contributed by atoms with E-state index in [1.807, 2.05) is 0 Å². The van der Waals surface area contributed by atoms with Gasteiger partial charge in [0.05, 0.1) is 10.2 Å². The number of rotatable bonds is 2. The third-order valence-electron chi connectivity index (χ3n) is 2.57. The van der Waals surface area contributed by atoms with Crippen molar-refractivity contribution in [2.45, 2.75) is 6.04 Å². The molecule has 0 aliphatic carbocycles. The van der Waals surface area contributed by atoms with Crippen molar-refractivity contribution in [2.24, 2.45) is 4.99 Å². The van der Waals surface area contributed by atoms with E-state index in [1.165, 1.54) is 23.1 Å². The molecular weight excluding hydrogens is 284 g/mol. The van der Waals surface area contributed by atoms with Crippen LogP contribution in [0.15, 0.2) is 34.7 Å². The number of aliphatic carboxylic acids is 1. The molecule has 2 aromatic rings. The van der Waals surface area contributed by atoms with Crippen LogP contribution in [0.4, 0.5) is 0 Å². The number of aromatic hydroxyl groups is 1. The van der Waals surface area contributed by atoms with Crippen LogP contribution in [0.25, 0.3) is 10.2 Å². The van der Waals surface area contributed by atoms with Crippen molar-refractivity contribution in [3.8, 4) is 5.75 Å². The first kappa shape index (κ1) is 12.2. The molecule has 0 saturated heterocycles. The molecule has 1 aromatic carbocycles. The van der Waals surface area contributed by atoms with Crippen LogP contribution >= 0.6 is 23.1 Å². The normalized spacial score (nSPS) is 18.8. The van der Waals surface area contributed by atoms with Crippen LogP contribution in [0.2, 0.25) is 0 Å². The fraction of sp³-hybridized carbons (Fsp3) is 0.0833. The van der Waals surface area contributed by atoms with E-state index in [-0.39, 0.29) is 5.75 Å². The number of thioether (sulfide) groups is 1. The molecule has 0 fully saturated rings. The lowest BCUT2D eigenvalue weighted by atomic mass is 10.3. The molecule has 5 nitrogen and oxygen atoms in total. The summed E-state index contributed by atoms with van der Waals surface area (Å²) >= 11 is 2.60. The zero-order valence-corrected chi connectivity index (χ0v) is 11.2. The van der Waals surface area contributed by atoms with Crippen LogP contribution in [0.1, 0.15) is 5.01 Å². The SMILES string of the molecule is C=C1SC(c2nc3ccc(O)cc3s2)=N[C@H]1C(=O)O. The van der Waals surface area contributed by atoms with E-state index >= 15 is 0 Å². The maximum atomic E-state index is 11.0. The molecule has 96 valence electrons. The number of carboxylic acids is 1. The summed E-state index contributed by atoms with van der Waals surface area (Å²) in [6.07, 6.45) is 0. The van der Waals surface area contributed by atoms with Crippen molar-refractivity contribution >= 4 is 44.3 Å². The molecule has 7 heteroatoms. The van der Waals surface area contributed by atoms with Crippen LogP contribution < -0.4 is 0 Å². The smallest absolute Gasteiger partial charge is 0.333 e. The Morgan fingerprint density at radius 2 is 2.21 bits per heavy atom. The topological polar surface area (TPSA) is 82.8 Å². The molecule has 0 unspecified atom stereocenters. The monoisotopic (exact) mass is 292 g/mol. The number of carbonyl (C=O) groups is 1. The molecule has 2 N–H and O–H groups in total. The molecule has 1 atom stereocenters. The van der Waals surface area contributed by atoms with Gasteiger partial charge in [-0.15, -0.1) is 11.3 Å². The fourth-order valence-electron chi connectivity index (χ4n) is 1.69. The van der Waals surface area contributed by atoms with Crippen LogP contribution in [0, 0.1) is 0 Å². The van der Waals surface area contributed by atoms with E-state index in [0.717, 1.165) is 10.2 Å². The molecule has 2 heterocycles. The highest BCUT2D eigenvalue weighted by Crippen LogP contribution is 2.36. The average Bonchev–Trinajstić information content (AvgIpc) is 2.91. The molecule has 19 heavy (non-hydrogen) atoms. The van der Waals surface area contributed by atoms with Gasteiger partial charge in [0.25, 0.3) is 0 Å². The van der Waals surface area contributed by atoms with Gasteiger partial charge >= 0.3 is 5.97 Å². The minimum Gasteiger partial charge on any atom is -0.508 e. The Morgan fingerprint density at radius 3 is 2.89 bits per heavy atom. The van der Waals surface area contributed by atoms with Crippen LogP contribution in [0.5, 0.6) is 5.75 Å². The number of fused-ring (bicyclic) bond motifs is 1. The number of thiazole rings is 1. The van der Waals surface area contributed by atoms with Crippen molar-refractivity contribution in [1.29, 1.82) is 0 Å². The van der Waals surface area contributed by atoms with Crippen molar-refractivity contribution < 1.29 is 15.0 Å². The maximum absolute atomic E-state index is 11.0. The molecule has 0 radical (unpaired) electrons. The quantitative estimate of drug-likeness (QED) is 0.888. The first-order valence-electron chi connectivity index (χ1n) is 5.32. The van der Waals surface area contributed by atoms with Gasteiger partial charge in [-0.25, -0.2) is 9.78 Å². The molecule has 1 aliphatic rings. The number of carboxylic acid groups (broad SMARTS) is 1. The Bertz CT molecular complexity index is 736. The summed E-state index contributed by atoms with van der Waals surface area (Å²) in [4.78, 5) is 20.0. The molecule has 0 amide bonds. The highest BCUT2D eigenvalue weighted by molar-refractivity contribution is 8.18. The van der Waals surface area contributed by atoms with E-state index in [0.29, 0.717) is 15.0 Å². The second kappa shape index (κ2) is 4.36. The van der Waals surface area contributed by atoms with Crippen LogP contribution in [-0.2, 0) is 4.79 Å². The van der Waals surface area contributed by atoms with Gasteiger partial charge in [0, 0.05) is 4.91 Å². The zero-order valence-electron chi connectivity index (χ0n) is 9.53. The molecule has 0 bridgehead atoms. The van der Waals surface area contributed by atoms with Crippen molar-refractivity contribution in [3.63, 3.8) is 0 Å². The van der Waals surface area contributed by atoms with Gasteiger partial charge in [0.2, 0.25) is 0 Å². The number of nitrogens with zero attached hydrogens (tertiary/aromatic N) is 2. The van der Waals surface area contributed by atoms with Crippen molar-refractivity contribution in [3.05, 3.63) is 34.7 Å². The molecule has 0 saturated carbocycles. The van der Waals surface area contributed by atoms with Gasteiger partial charge in [-0.2, -0.15) is 0 Å². The number of aliphatic imine (C=N–C) groups is 1. The zero-order chi connectivity index (χ0) is 13.6. The molecule has 3 rings (SSSR count). The average molecular weight is 292 g/mol.